The number of amides is 1. The maximum Gasteiger partial charge on any atom is 0.416 e. The lowest BCUT2D eigenvalue weighted by Gasteiger charge is -2.13. The molecule has 0 spiro atoms. The molecule has 0 aliphatic carbocycles. The maximum atomic E-state index is 13.3. The molecule has 2 aromatic carbocycles. The summed E-state index contributed by atoms with van der Waals surface area (Å²) in [7, 11) is 1.55. The second kappa shape index (κ2) is 9.75. The second-order valence-corrected chi connectivity index (χ2v) is 7.32. The fourth-order valence-corrected chi connectivity index (χ4v) is 3.36. The van der Waals surface area contributed by atoms with E-state index in [2.05, 4.69) is 15.4 Å². The Morgan fingerprint density at radius 3 is 2.57 bits per heavy atom. The number of nitrogens with one attached hydrogen (secondary N) is 1. The molecule has 2 heterocycles. The number of anilines is 2. The van der Waals surface area contributed by atoms with Crippen LogP contribution in [0, 0.1) is 0 Å². The van der Waals surface area contributed by atoms with Crippen molar-refractivity contribution in [2.24, 2.45) is 5.73 Å². The minimum atomic E-state index is -4.54. The highest BCUT2D eigenvalue weighted by atomic mass is 19.4. The fourth-order valence-electron chi connectivity index (χ4n) is 3.36. The summed E-state index contributed by atoms with van der Waals surface area (Å²) in [6, 6.07) is 15.6. The van der Waals surface area contributed by atoms with Gasteiger partial charge in [0.25, 0.3) is 5.91 Å². The molecule has 11 heteroatoms. The Morgan fingerprint density at radius 2 is 1.83 bits per heavy atom. The Labute approximate surface area is 198 Å². The Hall–Kier alpha value is -4.54. The van der Waals surface area contributed by atoms with Crippen LogP contribution in [0.4, 0.5) is 24.7 Å². The van der Waals surface area contributed by atoms with Crippen LogP contribution in [0.25, 0.3) is 5.69 Å². The third-order valence-corrected chi connectivity index (χ3v) is 5.00. The molecule has 4 rings (SSSR count). The van der Waals surface area contributed by atoms with E-state index < -0.39 is 24.3 Å². The molecule has 2 aromatic heterocycles. The van der Waals surface area contributed by atoms with Crippen LogP contribution in [0.5, 0.6) is 11.5 Å². The summed E-state index contributed by atoms with van der Waals surface area (Å²) in [5.41, 5.74) is 5.49. The third-order valence-electron chi connectivity index (χ3n) is 5.00. The molecule has 1 amide bonds. The molecule has 0 fully saturated rings. The molecular formula is C24H20F3N5O3. The zero-order chi connectivity index (χ0) is 25.0. The summed E-state index contributed by atoms with van der Waals surface area (Å²) in [5, 5.41) is 7.30. The smallest absolute Gasteiger partial charge is 0.416 e. The second-order valence-electron chi connectivity index (χ2n) is 7.32. The van der Waals surface area contributed by atoms with Crippen molar-refractivity contribution in [2.75, 3.05) is 12.4 Å². The lowest BCUT2D eigenvalue weighted by molar-refractivity contribution is -0.138. The van der Waals surface area contributed by atoms with Crippen LogP contribution in [0.15, 0.2) is 73.1 Å². The number of para-hydroxylation sites is 2. The quantitative estimate of drug-likeness (QED) is 0.376. The number of primary amides is 1. The van der Waals surface area contributed by atoms with Crippen LogP contribution in [0.2, 0.25) is 0 Å². The number of pyridine rings is 1. The van der Waals surface area contributed by atoms with E-state index in [-0.39, 0.29) is 17.0 Å². The van der Waals surface area contributed by atoms with Crippen LogP contribution < -0.4 is 20.5 Å². The zero-order valence-electron chi connectivity index (χ0n) is 18.4. The molecule has 0 saturated carbocycles. The Balaban J connectivity index is 1.60. The van der Waals surface area contributed by atoms with Crippen molar-refractivity contribution >= 4 is 17.4 Å². The minimum Gasteiger partial charge on any atom is -0.495 e. The number of alkyl halides is 3. The Morgan fingerprint density at radius 1 is 1.09 bits per heavy atom. The molecule has 3 N–H and O–H groups in total. The number of methoxy groups -OCH3 is 1. The van der Waals surface area contributed by atoms with Crippen LogP contribution >= 0.6 is 0 Å². The molecule has 0 aliphatic heterocycles. The van der Waals surface area contributed by atoms with E-state index in [9.17, 15) is 18.0 Å². The molecule has 0 saturated heterocycles. The van der Waals surface area contributed by atoms with Crippen molar-refractivity contribution in [1.29, 1.82) is 0 Å². The van der Waals surface area contributed by atoms with Crippen LogP contribution in [-0.2, 0) is 12.8 Å². The first-order valence-corrected chi connectivity index (χ1v) is 10.3. The largest absolute Gasteiger partial charge is 0.495 e. The normalized spacial score (nSPS) is 11.2. The van der Waals surface area contributed by atoms with E-state index >= 15 is 0 Å². The number of benzene rings is 2. The lowest BCUT2D eigenvalue weighted by Crippen LogP contribution is -2.14. The highest BCUT2D eigenvalue weighted by molar-refractivity contribution is 5.93. The van der Waals surface area contributed by atoms with Gasteiger partial charge >= 0.3 is 6.18 Å². The number of nitrogens with two attached hydrogens (primary N) is 1. The number of ether oxygens (including phenoxy) is 2. The number of hydrogen-bond donors (Lipinski definition) is 2. The summed E-state index contributed by atoms with van der Waals surface area (Å²) in [4.78, 5) is 16.2. The predicted octanol–water partition coefficient (Wildman–Crippen LogP) is 4.72. The fraction of sp³-hybridized carbons (Fsp3) is 0.125. The molecule has 0 unspecified atom stereocenters. The summed E-state index contributed by atoms with van der Waals surface area (Å²) in [6.07, 6.45) is -1.64. The van der Waals surface area contributed by atoms with Crippen LogP contribution in [0.1, 0.15) is 21.6 Å². The van der Waals surface area contributed by atoms with Crippen molar-refractivity contribution < 1.29 is 27.4 Å². The van der Waals surface area contributed by atoms with Gasteiger partial charge < -0.3 is 20.5 Å². The van der Waals surface area contributed by atoms with Crippen molar-refractivity contribution in [1.82, 2.24) is 14.8 Å². The summed E-state index contributed by atoms with van der Waals surface area (Å²) in [5.74, 6) is 0.143. The van der Waals surface area contributed by atoms with Gasteiger partial charge in [0, 0.05) is 17.8 Å². The highest BCUT2D eigenvalue weighted by Gasteiger charge is 2.33. The van der Waals surface area contributed by atoms with Crippen LogP contribution in [-0.4, -0.2) is 27.8 Å². The Bertz CT molecular complexity index is 1350. The summed E-state index contributed by atoms with van der Waals surface area (Å²) >= 11 is 0. The van der Waals surface area contributed by atoms with E-state index in [1.54, 1.807) is 25.3 Å². The van der Waals surface area contributed by atoms with Crippen molar-refractivity contribution in [2.45, 2.75) is 12.8 Å². The molecule has 180 valence electrons. The van der Waals surface area contributed by atoms with E-state index in [1.165, 1.54) is 35.3 Å². The molecule has 35 heavy (non-hydrogen) atoms. The number of rotatable bonds is 8. The maximum absolute atomic E-state index is 13.3. The SMILES string of the molecule is COc1ccccc1Nc1cc(-n2cc(OCc3ccccc3C(F)(F)F)c(C(N)=O)n2)ccn1. The molecule has 0 bridgehead atoms. The zero-order valence-corrected chi connectivity index (χ0v) is 18.4. The standard InChI is InChI=1S/C24H20F3N5O3/c1-34-19-9-5-4-8-18(19)30-21-12-16(10-11-29-21)32-13-20(22(31-32)23(28)33)35-14-15-6-2-3-7-17(15)24(25,26)27/h2-13H,14H2,1H3,(H2,28,33)(H,29,30). The number of halogens is 3. The van der Waals surface area contributed by atoms with Gasteiger partial charge in [-0.15, -0.1) is 0 Å². The summed E-state index contributed by atoms with van der Waals surface area (Å²) < 4.78 is 52.1. The average molecular weight is 483 g/mol. The number of carbonyl (C=O) groups excluding carboxylic acids is 1. The van der Waals surface area contributed by atoms with Crippen molar-refractivity contribution in [3.63, 3.8) is 0 Å². The first kappa shape index (κ1) is 23.6. The topological polar surface area (TPSA) is 104 Å². The van der Waals surface area contributed by atoms with E-state index in [0.717, 1.165) is 6.07 Å². The molecule has 0 radical (unpaired) electrons. The number of hydrogen-bond acceptors (Lipinski definition) is 6. The first-order chi connectivity index (χ1) is 16.8. The first-order valence-electron chi connectivity index (χ1n) is 10.3. The van der Waals surface area contributed by atoms with Gasteiger partial charge in [-0.25, -0.2) is 9.67 Å². The van der Waals surface area contributed by atoms with Gasteiger partial charge in [0.05, 0.1) is 30.2 Å². The average Bonchev–Trinajstić information content (AvgIpc) is 3.28. The predicted molar refractivity (Wildman–Crippen MR) is 122 cm³/mol. The molecule has 0 atom stereocenters. The van der Waals surface area contributed by atoms with Gasteiger partial charge in [0.15, 0.2) is 11.4 Å². The van der Waals surface area contributed by atoms with Gasteiger partial charge in [0.2, 0.25) is 0 Å². The molecule has 4 aromatic rings. The van der Waals surface area contributed by atoms with Gasteiger partial charge in [-0.05, 0) is 24.3 Å². The number of carbonyl (C=O) groups is 1. The monoisotopic (exact) mass is 483 g/mol. The van der Waals surface area contributed by atoms with Crippen molar-refractivity contribution in [3.05, 3.63) is 89.9 Å². The molecule has 8 nitrogen and oxygen atoms in total. The van der Waals surface area contributed by atoms with Gasteiger partial charge in [-0.3, -0.25) is 4.79 Å². The minimum absolute atomic E-state index is 0.0504. The van der Waals surface area contributed by atoms with E-state index in [0.29, 0.717) is 22.9 Å². The molecule has 0 aliphatic rings. The van der Waals surface area contributed by atoms with E-state index in [4.69, 9.17) is 15.2 Å². The van der Waals surface area contributed by atoms with Crippen molar-refractivity contribution in [3.8, 4) is 17.2 Å². The van der Waals surface area contributed by atoms with Gasteiger partial charge in [-0.1, -0.05) is 30.3 Å². The number of aromatic nitrogens is 3. The number of nitrogens with zero attached hydrogens (tertiary/aromatic N) is 3. The third kappa shape index (κ3) is 5.35. The molecular weight excluding hydrogens is 463 g/mol. The van der Waals surface area contributed by atoms with Crippen LogP contribution in [0.3, 0.4) is 0 Å². The van der Waals surface area contributed by atoms with Gasteiger partial charge in [-0.2, -0.15) is 18.3 Å². The highest BCUT2D eigenvalue weighted by Crippen LogP contribution is 2.33. The Kier molecular flexibility index (Phi) is 6.58. The lowest BCUT2D eigenvalue weighted by atomic mass is 10.1. The van der Waals surface area contributed by atoms with E-state index in [1.807, 2.05) is 18.2 Å². The van der Waals surface area contributed by atoms with Gasteiger partial charge in [0.1, 0.15) is 18.2 Å². The summed E-state index contributed by atoms with van der Waals surface area (Å²) in [6.45, 7) is -0.432.